The number of aromatic nitrogens is 3. The van der Waals surface area contributed by atoms with Crippen LogP contribution in [-0.2, 0) is 19.3 Å². The van der Waals surface area contributed by atoms with Crippen molar-refractivity contribution in [2.24, 2.45) is 12.8 Å². The number of nitrogens with zero attached hydrogens (tertiary/aromatic N) is 3. The number of para-hydroxylation sites is 1. The van der Waals surface area contributed by atoms with E-state index in [0.29, 0.717) is 28.8 Å². The second-order valence-electron chi connectivity index (χ2n) is 3.94. The Labute approximate surface area is 119 Å². The van der Waals surface area contributed by atoms with E-state index in [1.54, 1.807) is 22.8 Å². The number of halogens is 2. The average Bonchev–Trinajstić information content (AvgIpc) is 2.78. The fraction of sp³-hybridized carbons (Fsp3) is 0.333. The first-order chi connectivity index (χ1) is 9.61. The standard InChI is InChI=1S/C12H14F2N4OS/c1-18-10(6-15)16-17-12(18)20-7-8-4-2-3-5-9(8)19-11(13)14/h2-5,11H,6-7,15H2,1H3. The van der Waals surface area contributed by atoms with E-state index in [2.05, 4.69) is 14.9 Å². The largest absolute Gasteiger partial charge is 0.435 e. The van der Waals surface area contributed by atoms with Crippen LogP contribution in [-0.4, -0.2) is 21.4 Å². The first-order valence-corrected chi connectivity index (χ1v) is 6.84. The molecule has 2 aromatic rings. The van der Waals surface area contributed by atoms with E-state index in [-0.39, 0.29) is 5.75 Å². The van der Waals surface area contributed by atoms with Crippen molar-refractivity contribution in [2.75, 3.05) is 0 Å². The third kappa shape index (κ3) is 3.45. The minimum atomic E-state index is -2.83. The highest BCUT2D eigenvalue weighted by Gasteiger charge is 2.12. The van der Waals surface area contributed by atoms with E-state index >= 15 is 0 Å². The molecule has 8 heteroatoms. The second kappa shape index (κ2) is 6.67. The molecule has 108 valence electrons. The van der Waals surface area contributed by atoms with Gasteiger partial charge in [0.25, 0.3) is 0 Å². The number of hydrogen-bond acceptors (Lipinski definition) is 5. The summed E-state index contributed by atoms with van der Waals surface area (Å²) in [7, 11) is 1.81. The van der Waals surface area contributed by atoms with Gasteiger partial charge >= 0.3 is 6.61 Å². The van der Waals surface area contributed by atoms with E-state index in [0.717, 1.165) is 0 Å². The van der Waals surface area contributed by atoms with Gasteiger partial charge in [-0.3, -0.25) is 0 Å². The zero-order chi connectivity index (χ0) is 14.5. The summed E-state index contributed by atoms with van der Waals surface area (Å²) in [6.07, 6.45) is 0. The summed E-state index contributed by atoms with van der Waals surface area (Å²) in [5.74, 6) is 1.31. The number of hydrogen-bond donors (Lipinski definition) is 1. The summed E-state index contributed by atoms with van der Waals surface area (Å²) in [6.45, 7) is -2.53. The molecular formula is C12H14F2N4OS. The molecule has 1 aromatic heterocycles. The summed E-state index contributed by atoms with van der Waals surface area (Å²) in [5.41, 5.74) is 6.19. The Hall–Kier alpha value is -1.67. The van der Waals surface area contributed by atoms with Crippen LogP contribution in [0.2, 0.25) is 0 Å². The zero-order valence-corrected chi connectivity index (χ0v) is 11.6. The normalized spacial score (nSPS) is 11.1. The smallest absolute Gasteiger partial charge is 0.387 e. The van der Waals surface area contributed by atoms with Gasteiger partial charge in [0.2, 0.25) is 0 Å². The summed E-state index contributed by atoms with van der Waals surface area (Å²) in [4.78, 5) is 0. The molecule has 0 saturated heterocycles. The maximum Gasteiger partial charge on any atom is 0.387 e. The van der Waals surface area contributed by atoms with E-state index in [4.69, 9.17) is 5.73 Å². The van der Waals surface area contributed by atoms with Crippen molar-refractivity contribution >= 4 is 11.8 Å². The van der Waals surface area contributed by atoms with Crippen LogP contribution in [0.3, 0.4) is 0 Å². The summed E-state index contributed by atoms with van der Waals surface area (Å²) in [5, 5.41) is 8.61. The molecule has 1 aromatic carbocycles. The molecule has 2 N–H and O–H groups in total. The zero-order valence-electron chi connectivity index (χ0n) is 10.8. The van der Waals surface area contributed by atoms with Crippen LogP contribution >= 0.6 is 11.8 Å². The lowest BCUT2D eigenvalue weighted by Crippen LogP contribution is -2.05. The predicted molar refractivity (Wildman–Crippen MR) is 71.5 cm³/mol. The highest BCUT2D eigenvalue weighted by Crippen LogP contribution is 2.27. The Balaban J connectivity index is 2.08. The maximum atomic E-state index is 12.3. The Morgan fingerprint density at radius 1 is 1.35 bits per heavy atom. The van der Waals surface area contributed by atoms with Crippen LogP contribution in [0.5, 0.6) is 5.75 Å². The third-order valence-corrected chi connectivity index (χ3v) is 3.72. The summed E-state index contributed by atoms with van der Waals surface area (Å²) >= 11 is 1.39. The van der Waals surface area contributed by atoms with Crippen molar-refractivity contribution in [2.45, 2.75) is 24.1 Å². The molecule has 0 unspecified atom stereocenters. The minimum absolute atomic E-state index is 0.177. The van der Waals surface area contributed by atoms with Crippen molar-refractivity contribution in [3.8, 4) is 5.75 Å². The maximum absolute atomic E-state index is 12.3. The van der Waals surface area contributed by atoms with Crippen molar-refractivity contribution in [3.05, 3.63) is 35.7 Å². The van der Waals surface area contributed by atoms with Gasteiger partial charge in [0, 0.05) is 18.4 Å². The molecule has 0 amide bonds. The van der Waals surface area contributed by atoms with Crippen molar-refractivity contribution < 1.29 is 13.5 Å². The molecule has 1 heterocycles. The van der Waals surface area contributed by atoms with Crippen LogP contribution < -0.4 is 10.5 Å². The van der Waals surface area contributed by atoms with Gasteiger partial charge in [-0.1, -0.05) is 30.0 Å². The molecule has 0 aliphatic rings. The van der Waals surface area contributed by atoms with E-state index in [1.165, 1.54) is 17.8 Å². The number of nitrogens with two attached hydrogens (primary N) is 1. The van der Waals surface area contributed by atoms with Gasteiger partial charge in [0.15, 0.2) is 5.16 Å². The molecule has 0 atom stereocenters. The molecule has 0 aliphatic carbocycles. The van der Waals surface area contributed by atoms with Crippen LogP contribution in [0.15, 0.2) is 29.4 Å². The SMILES string of the molecule is Cn1c(CN)nnc1SCc1ccccc1OC(F)F. The van der Waals surface area contributed by atoms with Crippen LogP contribution in [0, 0.1) is 0 Å². The van der Waals surface area contributed by atoms with E-state index in [1.807, 2.05) is 7.05 Å². The van der Waals surface area contributed by atoms with Crippen molar-refractivity contribution in [1.29, 1.82) is 0 Å². The number of thioether (sulfide) groups is 1. The van der Waals surface area contributed by atoms with E-state index < -0.39 is 6.61 Å². The first-order valence-electron chi connectivity index (χ1n) is 5.85. The Morgan fingerprint density at radius 2 is 2.10 bits per heavy atom. The van der Waals surface area contributed by atoms with Crippen LogP contribution in [0.1, 0.15) is 11.4 Å². The lowest BCUT2D eigenvalue weighted by Gasteiger charge is -2.10. The first kappa shape index (κ1) is 14.7. The Kier molecular flexibility index (Phi) is 4.91. The van der Waals surface area contributed by atoms with Gasteiger partial charge < -0.3 is 15.0 Å². The van der Waals surface area contributed by atoms with Gasteiger partial charge in [-0.25, -0.2) is 0 Å². The number of benzene rings is 1. The topological polar surface area (TPSA) is 66.0 Å². The molecule has 5 nitrogen and oxygen atoms in total. The number of ether oxygens (including phenoxy) is 1. The summed E-state index contributed by atoms with van der Waals surface area (Å²) in [6, 6.07) is 6.69. The molecule has 0 spiro atoms. The van der Waals surface area contributed by atoms with Crippen LogP contribution in [0.4, 0.5) is 8.78 Å². The fourth-order valence-electron chi connectivity index (χ4n) is 1.62. The number of rotatable bonds is 6. The van der Waals surface area contributed by atoms with Crippen molar-refractivity contribution in [1.82, 2.24) is 14.8 Å². The quantitative estimate of drug-likeness (QED) is 0.828. The molecule has 0 fully saturated rings. The molecule has 20 heavy (non-hydrogen) atoms. The molecule has 0 aliphatic heterocycles. The predicted octanol–water partition coefficient (Wildman–Crippen LogP) is 2.17. The Morgan fingerprint density at radius 3 is 2.75 bits per heavy atom. The fourth-order valence-corrected chi connectivity index (χ4v) is 2.55. The average molecular weight is 300 g/mol. The van der Waals surface area contributed by atoms with Gasteiger partial charge in [-0.15, -0.1) is 10.2 Å². The Bertz CT molecular complexity index is 576. The lowest BCUT2D eigenvalue weighted by atomic mass is 10.2. The third-order valence-electron chi connectivity index (χ3n) is 2.65. The second-order valence-corrected chi connectivity index (χ2v) is 4.88. The molecular weight excluding hydrogens is 286 g/mol. The monoisotopic (exact) mass is 300 g/mol. The van der Waals surface area contributed by atoms with Gasteiger partial charge in [0.05, 0.1) is 6.54 Å². The highest BCUT2D eigenvalue weighted by atomic mass is 32.2. The summed E-state index contributed by atoms with van der Waals surface area (Å²) < 4.78 is 30.9. The van der Waals surface area contributed by atoms with Gasteiger partial charge in [0.1, 0.15) is 11.6 Å². The minimum Gasteiger partial charge on any atom is -0.435 e. The number of alkyl halides is 2. The lowest BCUT2D eigenvalue weighted by molar-refractivity contribution is -0.0503. The molecule has 0 bridgehead atoms. The van der Waals surface area contributed by atoms with Gasteiger partial charge in [-0.2, -0.15) is 8.78 Å². The molecule has 0 radical (unpaired) electrons. The highest BCUT2D eigenvalue weighted by molar-refractivity contribution is 7.98. The molecule has 2 rings (SSSR count). The van der Waals surface area contributed by atoms with Gasteiger partial charge in [-0.05, 0) is 6.07 Å². The van der Waals surface area contributed by atoms with E-state index in [9.17, 15) is 8.78 Å². The van der Waals surface area contributed by atoms with Crippen molar-refractivity contribution in [3.63, 3.8) is 0 Å². The van der Waals surface area contributed by atoms with Crippen LogP contribution in [0.25, 0.3) is 0 Å². The molecule has 0 saturated carbocycles.